The molecule has 5 nitrogen and oxygen atoms in total. The maximum absolute atomic E-state index is 11.2. The molecule has 1 aromatic heterocycles. The number of aromatic nitrogens is 2. The minimum atomic E-state index is -0.520. The molecule has 1 aromatic rings. The number of hydrogen-bond acceptors (Lipinski definition) is 5. The van der Waals surface area contributed by atoms with Gasteiger partial charge in [0.05, 0.1) is 12.8 Å². The predicted molar refractivity (Wildman–Crippen MR) is 68.8 cm³/mol. The van der Waals surface area contributed by atoms with Crippen LogP contribution in [-0.2, 0) is 23.0 Å². The number of ether oxygens (including phenoxy) is 1. The van der Waals surface area contributed by atoms with Crippen LogP contribution in [0.3, 0.4) is 0 Å². The van der Waals surface area contributed by atoms with Gasteiger partial charge >= 0.3 is 5.97 Å². The van der Waals surface area contributed by atoms with Crippen LogP contribution in [0.25, 0.3) is 0 Å². The van der Waals surface area contributed by atoms with E-state index in [1.165, 1.54) is 5.56 Å². The Morgan fingerprint density at radius 2 is 2.47 bits per heavy atom. The Morgan fingerprint density at radius 1 is 1.71 bits per heavy atom. The summed E-state index contributed by atoms with van der Waals surface area (Å²) < 4.78 is 6.61. The van der Waals surface area contributed by atoms with Crippen molar-refractivity contribution in [3.63, 3.8) is 0 Å². The van der Waals surface area contributed by atoms with Crippen molar-refractivity contribution in [3.05, 3.63) is 18.0 Å². The maximum Gasteiger partial charge on any atom is 0.323 e. The number of nitrogens with zero attached hydrogens (tertiary/aromatic N) is 2. The van der Waals surface area contributed by atoms with Crippen molar-refractivity contribution in [3.8, 4) is 0 Å². The summed E-state index contributed by atoms with van der Waals surface area (Å²) in [4.78, 5) is 11.2. The average molecular weight is 257 g/mol. The second-order valence-electron chi connectivity index (χ2n) is 3.71. The zero-order valence-corrected chi connectivity index (χ0v) is 11.1. The fraction of sp³-hybridized carbons (Fsp3) is 0.636. The molecule has 6 heteroatoms. The van der Waals surface area contributed by atoms with E-state index in [1.807, 2.05) is 19.4 Å². The second-order valence-corrected chi connectivity index (χ2v) is 4.86. The van der Waals surface area contributed by atoms with Gasteiger partial charge < -0.3 is 10.5 Å². The Labute approximate surface area is 106 Å². The van der Waals surface area contributed by atoms with Crippen molar-refractivity contribution in [2.45, 2.75) is 19.4 Å². The molecule has 2 N–H and O–H groups in total. The van der Waals surface area contributed by atoms with Crippen LogP contribution in [0.4, 0.5) is 0 Å². The van der Waals surface area contributed by atoms with Crippen molar-refractivity contribution in [2.75, 3.05) is 18.1 Å². The molecule has 0 spiro atoms. The van der Waals surface area contributed by atoms with E-state index in [9.17, 15) is 4.79 Å². The van der Waals surface area contributed by atoms with Crippen molar-refractivity contribution in [1.82, 2.24) is 9.78 Å². The Balaban J connectivity index is 2.13. The van der Waals surface area contributed by atoms with Crippen LogP contribution in [-0.4, -0.2) is 39.9 Å². The molecule has 0 aliphatic heterocycles. The van der Waals surface area contributed by atoms with E-state index in [1.54, 1.807) is 23.4 Å². The van der Waals surface area contributed by atoms with E-state index in [2.05, 4.69) is 5.10 Å². The first-order valence-electron chi connectivity index (χ1n) is 5.61. The summed E-state index contributed by atoms with van der Waals surface area (Å²) in [6, 6.07) is -0.520. The quantitative estimate of drug-likeness (QED) is 0.572. The van der Waals surface area contributed by atoms with Gasteiger partial charge in [-0.15, -0.1) is 0 Å². The van der Waals surface area contributed by atoms with Crippen LogP contribution in [0.2, 0.25) is 0 Å². The maximum atomic E-state index is 11.2. The lowest BCUT2D eigenvalue weighted by Crippen LogP contribution is -2.34. The number of carbonyl (C=O) groups is 1. The smallest absolute Gasteiger partial charge is 0.323 e. The number of thioether (sulfide) groups is 1. The van der Waals surface area contributed by atoms with E-state index in [-0.39, 0.29) is 5.97 Å². The first-order valence-corrected chi connectivity index (χ1v) is 6.76. The first kappa shape index (κ1) is 14.1. The summed E-state index contributed by atoms with van der Waals surface area (Å²) >= 11 is 1.66. The molecule has 0 saturated carbocycles. The van der Waals surface area contributed by atoms with Gasteiger partial charge in [0.25, 0.3) is 0 Å². The molecular formula is C11H19N3O2S. The second kappa shape index (κ2) is 7.34. The van der Waals surface area contributed by atoms with E-state index in [0.717, 1.165) is 12.2 Å². The largest absolute Gasteiger partial charge is 0.465 e. The fourth-order valence-corrected chi connectivity index (χ4v) is 2.26. The van der Waals surface area contributed by atoms with Gasteiger partial charge in [0, 0.05) is 19.0 Å². The SMILES string of the molecule is CCOC(=O)C(N)CSCCc1cnn(C)c1. The summed E-state index contributed by atoms with van der Waals surface area (Å²) in [5.41, 5.74) is 6.87. The van der Waals surface area contributed by atoms with E-state index in [4.69, 9.17) is 10.5 Å². The standard InChI is InChI=1S/C11H19N3O2S/c1-3-16-11(15)10(12)8-17-5-4-9-6-13-14(2)7-9/h6-7,10H,3-5,8,12H2,1-2H3. The summed E-state index contributed by atoms with van der Waals surface area (Å²) in [6.07, 6.45) is 4.78. The molecule has 1 heterocycles. The van der Waals surface area contributed by atoms with Crippen LogP contribution < -0.4 is 5.73 Å². The highest BCUT2D eigenvalue weighted by Crippen LogP contribution is 2.07. The summed E-state index contributed by atoms with van der Waals surface area (Å²) in [7, 11) is 1.90. The number of esters is 1. The third-order valence-electron chi connectivity index (χ3n) is 2.18. The first-order chi connectivity index (χ1) is 8.13. The molecule has 1 atom stereocenters. The van der Waals surface area contributed by atoms with Crippen molar-refractivity contribution < 1.29 is 9.53 Å². The molecule has 0 aliphatic rings. The number of nitrogens with two attached hydrogens (primary N) is 1. The van der Waals surface area contributed by atoms with Crippen molar-refractivity contribution >= 4 is 17.7 Å². The van der Waals surface area contributed by atoms with Gasteiger partial charge in [-0.2, -0.15) is 16.9 Å². The fourth-order valence-electron chi connectivity index (χ4n) is 1.32. The van der Waals surface area contributed by atoms with E-state index < -0.39 is 6.04 Å². The summed E-state index contributed by atoms with van der Waals surface area (Å²) in [5.74, 6) is 1.21. The molecule has 0 amide bonds. The van der Waals surface area contributed by atoms with Crippen molar-refractivity contribution in [1.29, 1.82) is 0 Å². The average Bonchev–Trinajstić information content (AvgIpc) is 2.70. The lowest BCUT2D eigenvalue weighted by molar-refractivity contribution is -0.144. The lowest BCUT2D eigenvalue weighted by Gasteiger charge is -2.09. The minimum Gasteiger partial charge on any atom is -0.465 e. The highest BCUT2D eigenvalue weighted by Gasteiger charge is 2.13. The van der Waals surface area contributed by atoms with Gasteiger partial charge in [-0.25, -0.2) is 0 Å². The van der Waals surface area contributed by atoms with Crippen LogP contribution in [0.15, 0.2) is 12.4 Å². The molecule has 17 heavy (non-hydrogen) atoms. The van der Waals surface area contributed by atoms with Gasteiger partial charge in [-0.3, -0.25) is 9.48 Å². The topological polar surface area (TPSA) is 70.1 Å². The molecule has 1 rings (SSSR count). The van der Waals surface area contributed by atoms with Gasteiger partial charge in [-0.1, -0.05) is 0 Å². The summed E-state index contributed by atoms with van der Waals surface area (Å²) in [6.45, 7) is 2.16. The number of hydrogen-bond donors (Lipinski definition) is 1. The molecule has 0 aromatic carbocycles. The lowest BCUT2D eigenvalue weighted by atomic mass is 10.3. The zero-order chi connectivity index (χ0) is 12.7. The third-order valence-corrected chi connectivity index (χ3v) is 3.27. The number of aryl methyl sites for hydroxylation is 2. The molecular weight excluding hydrogens is 238 g/mol. The molecule has 0 fully saturated rings. The predicted octanol–water partition coefficient (Wildman–Crippen LogP) is 0.586. The molecule has 0 bridgehead atoms. The Morgan fingerprint density at radius 3 is 3.06 bits per heavy atom. The summed E-state index contributed by atoms with van der Waals surface area (Å²) in [5, 5.41) is 4.09. The van der Waals surface area contributed by atoms with Gasteiger partial charge in [0.2, 0.25) is 0 Å². The molecule has 1 unspecified atom stereocenters. The van der Waals surface area contributed by atoms with Crippen LogP contribution in [0.5, 0.6) is 0 Å². The Hall–Kier alpha value is -1.01. The zero-order valence-electron chi connectivity index (χ0n) is 10.3. The van der Waals surface area contributed by atoms with E-state index in [0.29, 0.717) is 12.4 Å². The normalized spacial score (nSPS) is 12.4. The number of rotatable bonds is 7. The molecule has 0 radical (unpaired) electrons. The third kappa shape index (κ3) is 5.23. The highest BCUT2D eigenvalue weighted by molar-refractivity contribution is 7.99. The minimum absolute atomic E-state index is 0.318. The molecule has 0 aliphatic carbocycles. The van der Waals surface area contributed by atoms with Crippen LogP contribution in [0.1, 0.15) is 12.5 Å². The van der Waals surface area contributed by atoms with Gasteiger partial charge in [0.15, 0.2) is 0 Å². The van der Waals surface area contributed by atoms with Crippen LogP contribution in [0, 0.1) is 0 Å². The molecule has 0 saturated heterocycles. The molecule has 96 valence electrons. The monoisotopic (exact) mass is 257 g/mol. The highest BCUT2D eigenvalue weighted by atomic mass is 32.2. The van der Waals surface area contributed by atoms with Gasteiger partial charge in [-0.05, 0) is 24.7 Å². The van der Waals surface area contributed by atoms with Crippen LogP contribution >= 0.6 is 11.8 Å². The van der Waals surface area contributed by atoms with Gasteiger partial charge in [0.1, 0.15) is 6.04 Å². The van der Waals surface area contributed by atoms with E-state index >= 15 is 0 Å². The van der Waals surface area contributed by atoms with Crippen molar-refractivity contribution in [2.24, 2.45) is 12.8 Å². The Bertz CT molecular complexity index is 354. The number of carbonyl (C=O) groups excluding carboxylic acids is 1. The Kier molecular flexibility index (Phi) is 6.07.